The van der Waals surface area contributed by atoms with Gasteiger partial charge in [-0.15, -0.1) is 5.10 Å². The summed E-state index contributed by atoms with van der Waals surface area (Å²) in [5.41, 5.74) is 2.44. The van der Waals surface area contributed by atoms with Gasteiger partial charge in [-0.05, 0) is 18.9 Å². The van der Waals surface area contributed by atoms with Crippen molar-refractivity contribution in [2.24, 2.45) is 0 Å². The molecule has 1 heterocycles. The molecule has 0 saturated carbocycles. The first-order valence-corrected chi connectivity index (χ1v) is 6.44. The highest BCUT2D eigenvalue weighted by Crippen LogP contribution is 2.04. The highest BCUT2D eigenvalue weighted by molar-refractivity contribution is 5.90. The molecule has 0 fully saturated rings. The second-order valence-electron chi connectivity index (χ2n) is 4.45. The molecule has 0 unspecified atom stereocenters. The molecular formula is C14H18N4O. The number of aromatic amines is 1. The molecule has 19 heavy (non-hydrogen) atoms. The van der Waals surface area contributed by atoms with Gasteiger partial charge in [-0.3, -0.25) is 9.89 Å². The molecule has 0 aliphatic rings. The lowest BCUT2D eigenvalue weighted by atomic mass is 10.1. The van der Waals surface area contributed by atoms with E-state index in [2.05, 4.69) is 45.6 Å². The number of rotatable bonds is 5. The Hall–Kier alpha value is -2.17. The molecule has 0 atom stereocenters. The fraction of sp³-hybridized carbons (Fsp3) is 0.357. The normalized spacial score (nSPS) is 10.4. The summed E-state index contributed by atoms with van der Waals surface area (Å²) in [4.78, 5) is 15.9. The third kappa shape index (κ3) is 3.64. The van der Waals surface area contributed by atoms with Gasteiger partial charge in [0, 0.05) is 13.0 Å². The summed E-state index contributed by atoms with van der Waals surface area (Å²) in [6.07, 6.45) is 1.54. The Bertz CT molecular complexity index is 562. The van der Waals surface area contributed by atoms with Gasteiger partial charge in [-0.25, -0.2) is 4.98 Å². The van der Waals surface area contributed by atoms with E-state index < -0.39 is 0 Å². The Labute approximate surface area is 112 Å². The topological polar surface area (TPSA) is 70.7 Å². The van der Waals surface area contributed by atoms with Gasteiger partial charge >= 0.3 is 0 Å². The van der Waals surface area contributed by atoms with E-state index in [1.807, 2.05) is 13.0 Å². The predicted octanol–water partition coefficient (Wildman–Crippen LogP) is 1.65. The van der Waals surface area contributed by atoms with Crippen LogP contribution < -0.4 is 5.32 Å². The van der Waals surface area contributed by atoms with Crippen molar-refractivity contribution < 1.29 is 4.79 Å². The summed E-state index contributed by atoms with van der Waals surface area (Å²) in [6, 6.07) is 8.26. The van der Waals surface area contributed by atoms with Gasteiger partial charge in [0.15, 0.2) is 0 Å². The molecule has 2 aromatic rings. The van der Waals surface area contributed by atoms with Gasteiger partial charge in [0.2, 0.25) is 5.82 Å². The third-order valence-corrected chi connectivity index (χ3v) is 2.85. The number of H-pyrrole nitrogens is 1. The zero-order valence-electron chi connectivity index (χ0n) is 11.2. The minimum Gasteiger partial charge on any atom is -0.349 e. The largest absolute Gasteiger partial charge is 0.349 e. The number of nitrogens with one attached hydrogen (secondary N) is 2. The van der Waals surface area contributed by atoms with Crippen molar-refractivity contribution in [1.82, 2.24) is 20.5 Å². The number of nitrogens with zero attached hydrogens (tertiary/aromatic N) is 2. The van der Waals surface area contributed by atoms with Crippen molar-refractivity contribution in [3.8, 4) is 0 Å². The van der Waals surface area contributed by atoms with Gasteiger partial charge in [0.05, 0.1) is 0 Å². The standard InChI is InChI=1S/C14H18N4O/c1-3-12-16-13(18-17-12)14(19)15-8-7-11-6-4-5-10(2)9-11/h4-6,9H,3,7-8H2,1-2H3,(H,15,19)(H,16,17,18). The van der Waals surface area contributed by atoms with Crippen LogP contribution in [-0.2, 0) is 12.8 Å². The average molecular weight is 258 g/mol. The van der Waals surface area contributed by atoms with E-state index in [1.165, 1.54) is 11.1 Å². The first-order chi connectivity index (χ1) is 9.19. The number of aryl methyl sites for hydroxylation is 2. The van der Waals surface area contributed by atoms with Crippen LogP contribution in [0.4, 0.5) is 0 Å². The summed E-state index contributed by atoms with van der Waals surface area (Å²) < 4.78 is 0. The first kappa shape index (κ1) is 13.3. The fourth-order valence-corrected chi connectivity index (χ4v) is 1.82. The number of carbonyl (C=O) groups excluding carboxylic acids is 1. The SMILES string of the molecule is CCc1nc(C(=O)NCCc2cccc(C)c2)n[nH]1. The molecule has 0 radical (unpaired) electrons. The fourth-order valence-electron chi connectivity index (χ4n) is 1.82. The lowest BCUT2D eigenvalue weighted by Gasteiger charge is -2.03. The number of aromatic nitrogens is 3. The Balaban J connectivity index is 1.84. The molecule has 0 aliphatic carbocycles. The molecule has 1 amide bonds. The minimum absolute atomic E-state index is 0.209. The van der Waals surface area contributed by atoms with Crippen LogP contribution in [0.3, 0.4) is 0 Å². The number of amides is 1. The zero-order chi connectivity index (χ0) is 13.7. The van der Waals surface area contributed by atoms with Gasteiger partial charge in [0.1, 0.15) is 5.82 Å². The molecule has 5 nitrogen and oxygen atoms in total. The molecule has 1 aromatic heterocycles. The summed E-state index contributed by atoms with van der Waals surface area (Å²) in [7, 11) is 0. The van der Waals surface area contributed by atoms with Gasteiger partial charge < -0.3 is 5.32 Å². The maximum Gasteiger partial charge on any atom is 0.290 e. The van der Waals surface area contributed by atoms with Crippen molar-refractivity contribution in [1.29, 1.82) is 0 Å². The summed E-state index contributed by atoms with van der Waals surface area (Å²) in [6.45, 7) is 4.60. The molecule has 0 spiro atoms. The quantitative estimate of drug-likeness (QED) is 0.856. The number of hydrogen-bond donors (Lipinski definition) is 2. The maximum atomic E-state index is 11.8. The summed E-state index contributed by atoms with van der Waals surface area (Å²) in [5.74, 6) is 0.702. The van der Waals surface area contributed by atoms with Gasteiger partial charge in [0.25, 0.3) is 5.91 Å². The molecule has 2 rings (SSSR count). The van der Waals surface area contributed by atoms with Crippen LogP contribution in [0.1, 0.15) is 34.5 Å². The van der Waals surface area contributed by atoms with Crippen LogP contribution in [0.15, 0.2) is 24.3 Å². The summed E-state index contributed by atoms with van der Waals surface area (Å²) >= 11 is 0. The molecular weight excluding hydrogens is 240 g/mol. The molecule has 2 N–H and O–H groups in total. The van der Waals surface area contributed by atoms with Gasteiger partial charge in [-0.2, -0.15) is 0 Å². The lowest BCUT2D eigenvalue weighted by molar-refractivity contribution is 0.0944. The molecule has 100 valence electrons. The Morgan fingerprint density at radius 1 is 1.42 bits per heavy atom. The Morgan fingerprint density at radius 2 is 2.26 bits per heavy atom. The van der Waals surface area contributed by atoms with E-state index >= 15 is 0 Å². The smallest absolute Gasteiger partial charge is 0.290 e. The van der Waals surface area contributed by atoms with Crippen molar-refractivity contribution in [2.45, 2.75) is 26.7 Å². The monoisotopic (exact) mass is 258 g/mol. The van der Waals surface area contributed by atoms with E-state index in [9.17, 15) is 4.79 Å². The van der Waals surface area contributed by atoms with E-state index in [1.54, 1.807) is 0 Å². The van der Waals surface area contributed by atoms with Crippen LogP contribution in [0.2, 0.25) is 0 Å². The molecule has 0 aliphatic heterocycles. The van der Waals surface area contributed by atoms with Crippen molar-refractivity contribution in [3.63, 3.8) is 0 Å². The minimum atomic E-state index is -0.233. The molecule has 0 saturated heterocycles. The van der Waals surface area contributed by atoms with Crippen LogP contribution in [-0.4, -0.2) is 27.6 Å². The van der Waals surface area contributed by atoms with Crippen molar-refractivity contribution >= 4 is 5.91 Å². The zero-order valence-corrected chi connectivity index (χ0v) is 11.2. The van der Waals surface area contributed by atoms with E-state index in [0.29, 0.717) is 6.54 Å². The molecule has 5 heteroatoms. The average Bonchev–Trinajstić information content (AvgIpc) is 2.87. The van der Waals surface area contributed by atoms with Crippen molar-refractivity contribution in [3.05, 3.63) is 47.0 Å². The molecule has 0 bridgehead atoms. The number of carbonyl (C=O) groups is 1. The Morgan fingerprint density at radius 3 is 2.95 bits per heavy atom. The van der Waals surface area contributed by atoms with E-state index in [4.69, 9.17) is 0 Å². The number of benzene rings is 1. The van der Waals surface area contributed by atoms with Crippen LogP contribution in [0.25, 0.3) is 0 Å². The predicted molar refractivity (Wildman–Crippen MR) is 73.0 cm³/mol. The van der Waals surface area contributed by atoms with Crippen molar-refractivity contribution in [2.75, 3.05) is 6.54 Å². The number of hydrogen-bond acceptors (Lipinski definition) is 3. The van der Waals surface area contributed by atoms with Crippen LogP contribution in [0.5, 0.6) is 0 Å². The summed E-state index contributed by atoms with van der Waals surface area (Å²) in [5, 5.41) is 9.43. The van der Waals surface area contributed by atoms with E-state index in [0.717, 1.165) is 18.7 Å². The lowest BCUT2D eigenvalue weighted by Crippen LogP contribution is -2.26. The maximum absolute atomic E-state index is 11.8. The van der Waals surface area contributed by atoms with E-state index in [-0.39, 0.29) is 11.7 Å². The molecule has 1 aromatic carbocycles. The van der Waals surface area contributed by atoms with Crippen LogP contribution in [0, 0.1) is 6.92 Å². The second-order valence-corrected chi connectivity index (χ2v) is 4.45. The second kappa shape index (κ2) is 6.13. The third-order valence-electron chi connectivity index (χ3n) is 2.85. The van der Waals surface area contributed by atoms with Gasteiger partial charge in [-0.1, -0.05) is 36.8 Å². The highest BCUT2D eigenvalue weighted by atomic mass is 16.2. The Kier molecular flexibility index (Phi) is 4.28. The highest BCUT2D eigenvalue weighted by Gasteiger charge is 2.10. The first-order valence-electron chi connectivity index (χ1n) is 6.44. The van der Waals surface area contributed by atoms with Crippen LogP contribution >= 0.6 is 0 Å².